The Kier molecular flexibility index (Phi) is 3.84. The number of aromatic nitrogens is 1. The van der Waals surface area contributed by atoms with Crippen molar-refractivity contribution in [2.24, 2.45) is 5.84 Å². The van der Waals surface area contributed by atoms with E-state index in [1.807, 2.05) is 18.3 Å². The van der Waals surface area contributed by atoms with Crippen LogP contribution in [0.4, 0.5) is 0 Å². The Balaban J connectivity index is 1.97. The summed E-state index contributed by atoms with van der Waals surface area (Å²) in [6, 6.07) is 8.24. The molecule has 2 atom stereocenters. The highest BCUT2D eigenvalue weighted by Crippen LogP contribution is 2.41. The van der Waals surface area contributed by atoms with Gasteiger partial charge in [-0.15, -0.1) is 11.3 Å². The van der Waals surface area contributed by atoms with Gasteiger partial charge in [-0.1, -0.05) is 17.7 Å². The third-order valence-electron chi connectivity index (χ3n) is 3.72. The molecule has 0 spiro atoms. The number of rotatable bonds is 3. The Morgan fingerprint density at radius 2 is 2.32 bits per heavy atom. The molecule has 0 aliphatic heterocycles. The molecule has 0 bridgehead atoms. The van der Waals surface area contributed by atoms with E-state index in [0.29, 0.717) is 5.92 Å². The number of aryl methyl sites for hydroxylation is 1. The fourth-order valence-electron chi connectivity index (χ4n) is 2.86. The molecule has 3 N–H and O–H groups in total. The number of nitrogens with two attached hydrogens (primary N) is 1. The van der Waals surface area contributed by atoms with E-state index in [9.17, 15) is 0 Å². The first-order valence-corrected chi connectivity index (χ1v) is 7.64. The Labute approximate surface area is 121 Å². The average molecular weight is 294 g/mol. The number of hydrazine groups is 1. The van der Waals surface area contributed by atoms with Crippen molar-refractivity contribution in [2.75, 3.05) is 0 Å². The summed E-state index contributed by atoms with van der Waals surface area (Å²) in [5, 5.41) is 0. The molecule has 3 nitrogen and oxygen atoms in total. The first-order valence-electron chi connectivity index (χ1n) is 6.44. The molecule has 19 heavy (non-hydrogen) atoms. The quantitative estimate of drug-likeness (QED) is 0.673. The lowest BCUT2D eigenvalue weighted by Crippen LogP contribution is -2.34. The maximum absolute atomic E-state index is 6.03. The third-order valence-corrected chi connectivity index (χ3v) is 5.04. The molecular weight excluding hydrogens is 278 g/mol. The topological polar surface area (TPSA) is 50.9 Å². The molecule has 2 aromatic heterocycles. The Bertz CT molecular complexity index is 569. The molecule has 0 aromatic carbocycles. The van der Waals surface area contributed by atoms with Gasteiger partial charge in [-0.3, -0.25) is 16.3 Å². The number of hydrogen-bond acceptors (Lipinski definition) is 4. The standard InChI is InChI=1S/C14H16ClN3S/c15-12-7-6-11(19-12)14(18-16)10-5-1-3-9-4-2-8-17-13(9)10/h2,4,6-8,10,14,18H,1,3,5,16H2. The van der Waals surface area contributed by atoms with Crippen molar-refractivity contribution >= 4 is 22.9 Å². The summed E-state index contributed by atoms with van der Waals surface area (Å²) in [5.41, 5.74) is 5.48. The number of nitrogens with zero attached hydrogens (tertiary/aromatic N) is 1. The van der Waals surface area contributed by atoms with E-state index >= 15 is 0 Å². The highest BCUT2D eigenvalue weighted by Gasteiger charge is 2.30. The van der Waals surface area contributed by atoms with Crippen LogP contribution in [0, 0.1) is 0 Å². The van der Waals surface area contributed by atoms with Crippen LogP contribution in [0.25, 0.3) is 0 Å². The van der Waals surface area contributed by atoms with E-state index < -0.39 is 0 Å². The highest BCUT2D eigenvalue weighted by atomic mass is 35.5. The molecule has 1 aliphatic rings. The fraction of sp³-hybridized carbons (Fsp3) is 0.357. The van der Waals surface area contributed by atoms with Gasteiger partial charge in [0, 0.05) is 22.7 Å². The zero-order valence-electron chi connectivity index (χ0n) is 10.5. The number of thiophene rings is 1. The minimum Gasteiger partial charge on any atom is -0.271 e. The summed E-state index contributed by atoms with van der Waals surface area (Å²) in [6.45, 7) is 0. The van der Waals surface area contributed by atoms with Crippen molar-refractivity contribution in [1.82, 2.24) is 10.4 Å². The van der Waals surface area contributed by atoms with Crippen LogP contribution in [0.3, 0.4) is 0 Å². The number of hydrogen-bond donors (Lipinski definition) is 2. The van der Waals surface area contributed by atoms with E-state index in [-0.39, 0.29) is 6.04 Å². The summed E-state index contributed by atoms with van der Waals surface area (Å²) < 4.78 is 0.798. The molecule has 2 aromatic rings. The Morgan fingerprint density at radius 1 is 1.42 bits per heavy atom. The second-order valence-electron chi connectivity index (χ2n) is 4.83. The molecule has 100 valence electrons. The maximum atomic E-state index is 6.03. The van der Waals surface area contributed by atoms with Crippen LogP contribution in [-0.4, -0.2) is 4.98 Å². The Morgan fingerprint density at radius 3 is 3.05 bits per heavy atom. The maximum Gasteiger partial charge on any atom is 0.0931 e. The second-order valence-corrected chi connectivity index (χ2v) is 6.58. The molecule has 5 heteroatoms. The summed E-state index contributed by atoms with van der Waals surface area (Å²) in [4.78, 5) is 5.75. The molecule has 0 radical (unpaired) electrons. The smallest absolute Gasteiger partial charge is 0.0931 e. The number of nitrogens with one attached hydrogen (secondary N) is 1. The van der Waals surface area contributed by atoms with Crippen LogP contribution in [0.15, 0.2) is 30.5 Å². The summed E-state index contributed by atoms with van der Waals surface area (Å²) >= 11 is 7.62. The molecular formula is C14H16ClN3S. The molecule has 0 amide bonds. The average Bonchev–Trinajstić information content (AvgIpc) is 2.86. The van der Waals surface area contributed by atoms with Crippen LogP contribution in [0.2, 0.25) is 4.34 Å². The van der Waals surface area contributed by atoms with E-state index in [1.165, 1.54) is 22.6 Å². The van der Waals surface area contributed by atoms with Gasteiger partial charge < -0.3 is 0 Å². The van der Waals surface area contributed by atoms with E-state index in [2.05, 4.69) is 22.5 Å². The monoisotopic (exact) mass is 293 g/mol. The van der Waals surface area contributed by atoms with E-state index in [0.717, 1.165) is 17.2 Å². The van der Waals surface area contributed by atoms with Crippen molar-refractivity contribution in [3.05, 3.63) is 50.9 Å². The number of pyridine rings is 1. The molecule has 2 unspecified atom stereocenters. The van der Waals surface area contributed by atoms with Crippen molar-refractivity contribution in [1.29, 1.82) is 0 Å². The minimum absolute atomic E-state index is 0.0893. The first kappa shape index (κ1) is 13.1. The van der Waals surface area contributed by atoms with Crippen molar-refractivity contribution in [2.45, 2.75) is 31.2 Å². The van der Waals surface area contributed by atoms with Gasteiger partial charge in [0.05, 0.1) is 10.4 Å². The predicted octanol–water partition coefficient (Wildman–Crippen LogP) is 3.42. The lowest BCUT2D eigenvalue weighted by molar-refractivity contribution is 0.404. The second kappa shape index (κ2) is 5.59. The summed E-state index contributed by atoms with van der Waals surface area (Å²) in [6.07, 6.45) is 5.27. The van der Waals surface area contributed by atoms with Gasteiger partial charge in [0.25, 0.3) is 0 Å². The highest BCUT2D eigenvalue weighted by molar-refractivity contribution is 7.16. The third kappa shape index (κ3) is 2.54. The van der Waals surface area contributed by atoms with E-state index in [4.69, 9.17) is 17.4 Å². The van der Waals surface area contributed by atoms with Crippen LogP contribution >= 0.6 is 22.9 Å². The normalized spacial score (nSPS) is 20.0. The van der Waals surface area contributed by atoms with Gasteiger partial charge in [-0.25, -0.2) is 0 Å². The number of halogens is 1. The van der Waals surface area contributed by atoms with Crippen molar-refractivity contribution in [3.8, 4) is 0 Å². The summed E-state index contributed by atoms with van der Waals surface area (Å²) in [5.74, 6) is 6.11. The van der Waals surface area contributed by atoms with Crippen molar-refractivity contribution in [3.63, 3.8) is 0 Å². The van der Waals surface area contributed by atoms with Crippen LogP contribution in [-0.2, 0) is 6.42 Å². The van der Waals surface area contributed by atoms with Crippen LogP contribution in [0.1, 0.15) is 40.9 Å². The van der Waals surface area contributed by atoms with Gasteiger partial charge in [0.1, 0.15) is 0 Å². The SMILES string of the molecule is NNC(c1ccc(Cl)s1)C1CCCc2cccnc21. The predicted molar refractivity (Wildman–Crippen MR) is 79.3 cm³/mol. The molecule has 0 saturated carbocycles. The zero-order valence-corrected chi connectivity index (χ0v) is 12.0. The lowest BCUT2D eigenvalue weighted by Gasteiger charge is -2.30. The van der Waals surface area contributed by atoms with Gasteiger partial charge in [-0.2, -0.15) is 0 Å². The summed E-state index contributed by atoms with van der Waals surface area (Å²) in [7, 11) is 0. The fourth-order valence-corrected chi connectivity index (χ4v) is 4.05. The molecule has 3 rings (SSSR count). The van der Waals surface area contributed by atoms with Crippen molar-refractivity contribution < 1.29 is 0 Å². The van der Waals surface area contributed by atoms with Gasteiger partial charge in [0.2, 0.25) is 0 Å². The molecule has 0 fully saturated rings. The van der Waals surface area contributed by atoms with Crippen LogP contribution < -0.4 is 11.3 Å². The lowest BCUT2D eigenvalue weighted by atomic mass is 9.81. The largest absolute Gasteiger partial charge is 0.271 e. The first-order chi connectivity index (χ1) is 9.29. The zero-order chi connectivity index (χ0) is 13.2. The molecule has 1 aliphatic carbocycles. The van der Waals surface area contributed by atoms with E-state index in [1.54, 1.807) is 11.3 Å². The Hall–Kier alpha value is -0.940. The molecule has 0 saturated heterocycles. The minimum atomic E-state index is 0.0893. The van der Waals surface area contributed by atoms with Gasteiger partial charge >= 0.3 is 0 Å². The van der Waals surface area contributed by atoms with Gasteiger partial charge in [-0.05, 0) is 43.0 Å². The van der Waals surface area contributed by atoms with Gasteiger partial charge in [0.15, 0.2) is 0 Å². The van der Waals surface area contributed by atoms with Crippen LogP contribution in [0.5, 0.6) is 0 Å². The molecule has 2 heterocycles. The number of fused-ring (bicyclic) bond motifs is 1.